The van der Waals surface area contributed by atoms with Crippen molar-refractivity contribution in [3.05, 3.63) is 47.5 Å². The molecular formula is C20H24ClFN4OS. The SMILES string of the molecule is C=CCn1c(SC(C)C(=O)Nc2ccc(F)cc2Cl)nnc1C1CCCCC1. The second kappa shape index (κ2) is 9.56. The third-order valence-electron chi connectivity index (χ3n) is 4.87. The van der Waals surface area contributed by atoms with E-state index in [0.717, 1.165) is 18.7 Å². The minimum atomic E-state index is -0.446. The molecule has 5 nitrogen and oxygen atoms in total. The fourth-order valence-electron chi connectivity index (χ4n) is 3.39. The number of aromatic nitrogens is 3. The molecule has 150 valence electrons. The van der Waals surface area contributed by atoms with Crippen LogP contribution in [-0.2, 0) is 11.3 Å². The molecule has 1 atom stereocenters. The van der Waals surface area contributed by atoms with Gasteiger partial charge >= 0.3 is 0 Å². The van der Waals surface area contributed by atoms with Gasteiger partial charge in [-0.05, 0) is 38.0 Å². The van der Waals surface area contributed by atoms with Crippen LogP contribution < -0.4 is 5.32 Å². The molecule has 0 spiro atoms. The number of rotatable bonds is 7. The summed E-state index contributed by atoms with van der Waals surface area (Å²) in [6.45, 7) is 6.25. The maximum atomic E-state index is 13.2. The molecule has 1 aromatic carbocycles. The predicted molar refractivity (Wildman–Crippen MR) is 111 cm³/mol. The number of allylic oxidation sites excluding steroid dienone is 1. The Morgan fingerprint density at radius 3 is 2.86 bits per heavy atom. The monoisotopic (exact) mass is 422 g/mol. The first kappa shape index (κ1) is 20.9. The minimum absolute atomic E-state index is 0.167. The number of nitrogens with zero attached hydrogens (tertiary/aromatic N) is 3. The van der Waals surface area contributed by atoms with Crippen LogP contribution in [0.3, 0.4) is 0 Å². The molecule has 1 aliphatic carbocycles. The number of carbonyl (C=O) groups is 1. The van der Waals surface area contributed by atoms with Crippen molar-refractivity contribution in [3.8, 4) is 0 Å². The average molecular weight is 423 g/mol. The van der Waals surface area contributed by atoms with Crippen molar-refractivity contribution in [1.82, 2.24) is 14.8 Å². The largest absolute Gasteiger partial charge is 0.324 e. The van der Waals surface area contributed by atoms with Gasteiger partial charge in [-0.25, -0.2) is 4.39 Å². The zero-order valence-electron chi connectivity index (χ0n) is 15.8. The van der Waals surface area contributed by atoms with Crippen LogP contribution in [0.5, 0.6) is 0 Å². The second-order valence-corrected chi connectivity index (χ2v) is 8.66. The summed E-state index contributed by atoms with van der Waals surface area (Å²) in [6.07, 6.45) is 7.77. The third kappa shape index (κ3) is 4.94. The van der Waals surface area contributed by atoms with Crippen LogP contribution in [-0.4, -0.2) is 25.9 Å². The molecule has 1 saturated carbocycles. The number of nitrogens with one attached hydrogen (secondary N) is 1. The molecule has 1 N–H and O–H groups in total. The van der Waals surface area contributed by atoms with E-state index in [1.165, 1.54) is 49.2 Å². The summed E-state index contributed by atoms with van der Waals surface area (Å²) in [4.78, 5) is 12.6. The van der Waals surface area contributed by atoms with Gasteiger partial charge in [0, 0.05) is 12.5 Å². The van der Waals surface area contributed by atoms with Crippen molar-refractivity contribution in [1.29, 1.82) is 0 Å². The lowest BCUT2D eigenvalue weighted by Gasteiger charge is -2.21. The molecular weight excluding hydrogens is 399 g/mol. The molecule has 28 heavy (non-hydrogen) atoms. The molecule has 1 aromatic heterocycles. The zero-order valence-corrected chi connectivity index (χ0v) is 17.4. The molecule has 1 heterocycles. The van der Waals surface area contributed by atoms with E-state index in [9.17, 15) is 9.18 Å². The maximum absolute atomic E-state index is 13.2. The highest BCUT2D eigenvalue weighted by molar-refractivity contribution is 8.00. The van der Waals surface area contributed by atoms with Crippen molar-refractivity contribution in [2.75, 3.05) is 5.32 Å². The molecule has 0 saturated heterocycles. The van der Waals surface area contributed by atoms with Gasteiger partial charge in [-0.2, -0.15) is 0 Å². The van der Waals surface area contributed by atoms with Crippen molar-refractivity contribution in [2.24, 2.45) is 0 Å². The van der Waals surface area contributed by atoms with E-state index < -0.39 is 11.1 Å². The number of halogens is 2. The number of benzene rings is 1. The molecule has 8 heteroatoms. The number of anilines is 1. The third-order valence-corrected chi connectivity index (χ3v) is 6.26. The highest BCUT2D eigenvalue weighted by atomic mass is 35.5. The number of amides is 1. The molecule has 0 bridgehead atoms. The van der Waals surface area contributed by atoms with Crippen LogP contribution in [0.25, 0.3) is 0 Å². The lowest BCUT2D eigenvalue weighted by Crippen LogP contribution is -2.23. The molecule has 1 fully saturated rings. The summed E-state index contributed by atoms with van der Waals surface area (Å²) in [5.41, 5.74) is 0.385. The molecule has 1 aliphatic rings. The van der Waals surface area contributed by atoms with Crippen molar-refractivity contribution in [2.45, 2.75) is 61.9 Å². The van der Waals surface area contributed by atoms with Crippen molar-refractivity contribution in [3.63, 3.8) is 0 Å². The van der Waals surface area contributed by atoms with E-state index in [-0.39, 0.29) is 10.9 Å². The first-order valence-corrected chi connectivity index (χ1v) is 10.7. The normalized spacial score (nSPS) is 16.0. The van der Waals surface area contributed by atoms with Gasteiger partial charge in [0.25, 0.3) is 0 Å². The summed E-state index contributed by atoms with van der Waals surface area (Å²) < 4.78 is 15.2. The number of hydrogen-bond donors (Lipinski definition) is 1. The van der Waals surface area contributed by atoms with E-state index in [2.05, 4.69) is 26.7 Å². The van der Waals surface area contributed by atoms with Crippen LogP contribution in [0.4, 0.5) is 10.1 Å². The average Bonchev–Trinajstić information content (AvgIpc) is 3.07. The molecule has 0 aliphatic heterocycles. The van der Waals surface area contributed by atoms with Gasteiger partial charge in [-0.15, -0.1) is 16.8 Å². The summed E-state index contributed by atoms with van der Waals surface area (Å²) >= 11 is 7.34. The predicted octanol–water partition coefficient (Wildman–Crippen LogP) is 5.42. The molecule has 3 rings (SSSR count). The Bertz CT molecular complexity index is 851. The van der Waals surface area contributed by atoms with Crippen LogP contribution in [0.15, 0.2) is 36.0 Å². The van der Waals surface area contributed by atoms with E-state index in [1.54, 1.807) is 6.92 Å². The summed E-state index contributed by atoms with van der Waals surface area (Å²) in [5.74, 6) is 0.720. The van der Waals surface area contributed by atoms with Gasteiger partial charge in [0.2, 0.25) is 5.91 Å². The van der Waals surface area contributed by atoms with Gasteiger partial charge in [-0.3, -0.25) is 4.79 Å². The smallest absolute Gasteiger partial charge is 0.237 e. The van der Waals surface area contributed by atoms with Gasteiger partial charge in [0.05, 0.1) is 16.0 Å². The quantitative estimate of drug-likeness (QED) is 0.477. The molecule has 1 amide bonds. The van der Waals surface area contributed by atoms with E-state index in [1.807, 2.05) is 6.08 Å². The lowest BCUT2D eigenvalue weighted by atomic mass is 9.89. The van der Waals surface area contributed by atoms with Gasteiger partial charge in [0.1, 0.15) is 11.6 Å². The van der Waals surface area contributed by atoms with Crippen LogP contribution in [0, 0.1) is 5.82 Å². The number of hydrogen-bond acceptors (Lipinski definition) is 4. The number of carbonyl (C=O) groups excluding carboxylic acids is 1. The van der Waals surface area contributed by atoms with E-state index in [0.29, 0.717) is 23.3 Å². The highest BCUT2D eigenvalue weighted by Crippen LogP contribution is 2.34. The Kier molecular flexibility index (Phi) is 7.13. The lowest BCUT2D eigenvalue weighted by molar-refractivity contribution is -0.115. The summed E-state index contributed by atoms with van der Waals surface area (Å²) in [5, 5.41) is 12.0. The summed E-state index contributed by atoms with van der Waals surface area (Å²) in [6, 6.07) is 3.89. The van der Waals surface area contributed by atoms with E-state index in [4.69, 9.17) is 11.6 Å². The highest BCUT2D eigenvalue weighted by Gasteiger charge is 2.25. The molecule has 0 radical (unpaired) electrons. The fourth-order valence-corrected chi connectivity index (χ4v) is 4.47. The van der Waals surface area contributed by atoms with Crippen LogP contribution >= 0.6 is 23.4 Å². The maximum Gasteiger partial charge on any atom is 0.237 e. The first-order chi connectivity index (χ1) is 13.5. The molecule has 1 unspecified atom stereocenters. The van der Waals surface area contributed by atoms with Crippen molar-refractivity contribution < 1.29 is 9.18 Å². The number of thioether (sulfide) groups is 1. The van der Waals surface area contributed by atoms with Gasteiger partial charge in [0.15, 0.2) is 5.16 Å². The summed E-state index contributed by atoms with van der Waals surface area (Å²) in [7, 11) is 0. The topological polar surface area (TPSA) is 59.8 Å². The second-order valence-electron chi connectivity index (χ2n) is 6.95. The minimum Gasteiger partial charge on any atom is -0.324 e. The van der Waals surface area contributed by atoms with Crippen molar-refractivity contribution >= 4 is 35.0 Å². The van der Waals surface area contributed by atoms with Gasteiger partial charge < -0.3 is 9.88 Å². The van der Waals surface area contributed by atoms with Crippen LogP contribution in [0.1, 0.15) is 50.8 Å². The Morgan fingerprint density at radius 2 is 2.18 bits per heavy atom. The fraction of sp³-hybridized carbons (Fsp3) is 0.450. The van der Waals surface area contributed by atoms with Crippen LogP contribution in [0.2, 0.25) is 5.02 Å². The van der Waals surface area contributed by atoms with Gasteiger partial charge in [-0.1, -0.05) is 48.7 Å². The Morgan fingerprint density at radius 1 is 1.43 bits per heavy atom. The Labute approximate surface area is 173 Å². The molecule has 2 aromatic rings. The van der Waals surface area contributed by atoms with E-state index >= 15 is 0 Å². The zero-order chi connectivity index (χ0) is 20.1. The standard InChI is InChI=1S/C20H24ClFN4OS/c1-3-11-26-18(14-7-5-4-6-8-14)24-25-20(26)28-13(2)19(27)23-17-10-9-15(22)12-16(17)21/h3,9-10,12-14H,1,4-8,11H2,2H3,(H,23,27). The Hall–Kier alpha value is -1.86. The first-order valence-electron chi connectivity index (χ1n) is 9.46. The Balaban J connectivity index is 1.71.